The number of carboxylic acids is 1. The first kappa shape index (κ1) is 15.8. The van der Waals surface area contributed by atoms with Crippen molar-refractivity contribution in [3.8, 4) is 17.4 Å². The van der Waals surface area contributed by atoms with Gasteiger partial charge in [0.15, 0.2) is 0 Å². The van der Waals surface area contributed by atoms with Crippen LogP contribution in [0.1, 0.15) is 0 Å². The van der Waals surface area contributed by atoms with Gasteiger partial charge in [0.2, 0.25) is 11.6 Å². The van der Waals surface area contributed by atoms with Crippen LogP contribution in [-0.4, -0.2) is 21.0 Å². The number of benzene rings is 2. The maximum absolute atomic E-state index is 10.7. The van der Waals surface area contributed by atoms with Crippen LogP contribution in [-0.2, 0) is 4.79 Å². The van der Waals surface area contributed by atoms with E-state index in [0.29, 0.717) is 33.4 Å². The minimum absolute atomic E-state index is 0.327. The number of ether oxygens (including phenoxy) is 2. The third-order valence-corrected chi connectivity index (χ3v) is 3.24. The van der Waals surface area contributed by atoms with E-state index in [1.165, 1.54) is 6.20 Å². The molecule has 7 heteroatoms. The molecule has 2 aromatic carbocycles. The van der Waals surface area contributed by atoms with Crippen molar-refractivity contribution < 1.29 is 19.4 Å². The average Bonchev–Trinajstić information content (AvgIpc) is 2.56. The quantitative estimate of drug-likeness (QED) is 0.556. The van der Waals surface area contributed by atoms with Gasteiger partial charge < -0.3 is 14.6 Å². The summed E-state index contributed by atoms with van der Waals surface area (Å²) in [6.45, 7) is 3.29. The van der Waals surface area contributed by atoms with E-state index in [4.69, 9.17) is 26.2 Å². The zero-order valence-electron chi connectivity index (χ0n) is 12.3. The van der Waals surface area contributed by atoms with Crippen molar-refractivity contribution in [2.45, 2.75) is 0 Å². The van der Waals surface area contributed by atoms with E-state index in [-0.39, 0.29) is 5.76 Å². The van der Waals surface area contributed by atoms with Crippen LogP contribution in [0.4, 0.5) is 0 Å². The Kier molecular flexibility index (Phi) is 4.31. The molecule has 0 aliphatic heterocycles. The Morgan fingerprint density at radius 1 is 1.08 bits per heavy atom. The largest absolute Gasteiger partial charge is 0.475 e. The van der Waals surface area contributed by atoms with Gasteiger partial charge in [0.05, 0.1) is 17.2 Å². The van der Waals surface area contributed by atoms with Gasteiger partial charge in [0.25, 0.3) is 0 Å². The lowest BCUT2D eigenvalue weighted by atomic mass is 10.3. The van der Waals surface area contributed by atoms with Crippen molar-refractivity contribution in [3.63, 3.8) is 0 Å². The fourth-order valence-corrected chi connectivity index (χ4v) is 2.06. The summed E-state index contributed by atoms with van der Waals surface area (Å²) in [4.78, 5) is 19.2. The molecule has 0 aliphatic carbocycles. The summed E-state index contributed by atoms with van der Waals surface area (Å²) in [5, 5.41) is 9.31. The van der Waals surface area contributed by atoms with Gasteiger partial charge in [-0.2, -0.15) is 0 Å². The van der Waals surface area contributed by atoms with Gasteiger partial charge in [-0.3, -0.25) is 0 Å². The predicted octanol–water partition coefficient (Wildman–Crippen LogP) is 4.05. The molecule has 0 radical (unpaired) electrons. The molecule has 24 heavy (non-hydrogen) atoms. The van der Waals surface area contributed by atoms with Crippen LogP contribution < -0.4 is 9.47 Å². The number of fused-ring (bicyclic) bond motifs is 1. The Morgan fingerprint density at radius 2 is 1.79 bits per heavy atom. The first-order valence-electron chi connectivity index (χ1n) is 6.81. The second kappa shape index (κ2) is 6.55. The SMILES string of the molecule is C=C(Oc1ccc(Oc2cnc3cc(Cl)ccc3n2)cc1)C(=O)O. The highest BCUT2D eigenvalue weighted by Gasteiger charge is 2.07. The van der Waals surface area contributed by atoms with Crippen molar-refractivity contribution in [1.82, 2.24) is 9.97 Å². The highest BCUT2D eigenvalue weighted by Crippen LogP contribution is 2.25. The van der Waals surface area contributed by atoms with Gasteiger partial charge in [-0.05, 0) is 49.0 Å². The van der Waals surface area contributed by atoms with E-state index in [1.54, 1.807) is 42.5 Å². The van der Waals surface area contributed by atoms with Gasteiger partial charge in [-0.15, -0.1) is 0 Å². The van der Waals surface area contributed by atoms with E-state index < -0.39 is 5.97 Å². The standard InChI is InChI=1S/C17H11ClN2O4/c1-10(17(21)22)23-12-3-5-13(6-4-12)24-16-9-19-15-8-11(18)2-7-14(15)20-16/h2-9H,1H2,(H,21,22). The van der Waals surface area contributed by atoms with Crippen LogP contribution in [0.15, 0.2) is 61.0 Å². The van der Waals surface area contributed by atoms with E-state index in [2.05, 4.69) is 16.5 Å². The molecule has 1 heterocycles. The van der Waals surface area contributed by atoms with Crippen molar-refractivity contribution in [1.29, 1.82) is 0 Å². The Bertz CT molecular complexity index is 926. The Balaban J connectivity index is 1.75. The second-order valence-corrected chi connectivity index (χ2v) is 5.18. The zero-order valence-corrected chi connectivity index (χ0v) is 13.0. The fourth-order valence-electron chi connectivity index (χ4n) is 1.90. The van der Waals surface area contributed by atoms with Crippen molar-refractivity contribution in [2.75, 3.05) is 0 Å². The Morgan fingerprint density at radius 3 is 2.50 bits per heavy atom. The summed E-state index contributed by atoms with van der Waals surface area (Å²) in [5.41, 5.74) is 1.33. The zero-order chi connectivity index (χ0) is 17.1. The third kappa shape index (κ3) is 3.61. The molecule has 0 fully saturated rings. The third-order valence-electron chi connectivity index (χ3n) is 3.01. The lowest BCUT2D eigenvalue weighted by molar-refractivity contribution is -0.135. The van der Waals surface area contributed by atoms with E-state index in [0.717, 1.165) is 0 Å². The predicted molar refractivity (Wildman–Crippen MR) is 88.5 cm³/mol. The van der Waals surface area contributed by atoms with Gasteiger partial charge in [-0.1, -0.05) is 11.6 Å². The van der Waals surface area contributed by atoms with Gasteiger partial charge in [0, 0.05) is 5.02 Å². The maximum atomic E-state index is 10.7. The van der Waals surface area contributed by atoms with Crippen molar-refractivity contribution >= 4 is 28.6 Å². The molecule has 6 nitrogen and oxygen atoms in total. The molecule has 0 unspecified atom stereocenters. The van der Waals surface area contributed by atoms with Crippen LogP contribution in [0, 0.1) is 0 Å². The number of hydrogen-bond donors (Lipinski definition) is 1. The number of aromatic nitrogens is 2. The topological polar surface area (TPSA) is 81.5 Å². The average molecular weight is 343 g/mol. The smallest absolute Gasteiger partial charge is 0.371 e. The number of carboxylic acid groups (broad SMARTS) is 1. The number of nitrogens with zero attached hydrogens (tertiary/aromatic N) is 2. The lowest BCUT2D eigenvalue weighted by Crippen LogP contribution is -2.05. The summed E-state index contributed by atoms with van der Waals surface area (Å²) in [7, 11) is 0. The minimum atomic E-state index is -1.22. The molecule has 0 bridgehead atoms. The molecule has 0 aliphatic rings. The van der Waals surface area contributed by atoms with Crippen LogP contribution in [0.2, 0.25) is 5.02 Å². The molecule has 0 amide bonds. The molecule has 1 aromatic heterocycles. The molecule has 0 spiro atoms. The normalized spacial score (nSPS) is 10.4. The van der Waals surface area contributed by atoms with Crippen LogP contribution in [0.5, 0.6) is 17.4 Å². The molecule has 1 N–H and O–H groups in total. The van der Waals surface area contributed by atoms with Crippen molar-refractivity contribution in [2.24, 2.45) is 0 Å². The summed E-state index contributed by atoms with van der Waals surface area (Å²) in [5.74, 6) is -0.405. The molecule has 0 atom stereocenters. The fraction of sp³-hybridized carbons (Fsp3) is 0. The summed E-state index contributed by atoms with van der Waals surface area (Å²) in [6, 6.07) is 11.6. The van der Waals surface area contributed by atoms with Crippen LogP contribution >= 0.6 is 11.6 Å². The lowest BCUT2D eigenvalue weighted by Gasteiger charge is -2.07. The molecule has 3 aromatic rings. The minimum Gasteiger partial charge on any atom is -0.475 e. The van der Waals surface area contributed by atoms with Gasteiger partial charge in [-0.25, -0.2) is 14.8 Å². The highest BCUT2D eigenvalue weighted by atomic mass is 35.5. The maximum Gasteiger partial charge on any atom is 0.371 e. The monoisotopic (exact) mass is 342 g/mol. The molecule has 120 valence electrons. The first-order chi connectivity index (χ1) is 11.5. The van der Waals surface area contributed by atoms with Crippen molar-refractivity contribution in [3.05, 3.63) is 66.0 Å². The Hall–Kier alpha value is -3.12. The van der Waals surface area contributed by atoms with Crippen LogP contribution in [0.3, 0.4) is 0 Å². The van der Waals surface area contributed by atoms with Gasteiger partial charge >= 0.3 is 5.97 Å². The van der Waals surface area contributed by atoms with E-state index >= 15 is 0 Å². The second-order valence-electron chi connectivity index (χ2n) is 4.75. The number of halogens is 1. The molecular formula is C17H11ClN2O4. The van der Waals surface area contributed by atoms with Gasteiger partial charge in [0.1, 0.15) is 11.5 Å². The number of rotatable bonds is 5. The van der Waals surface area contributed by atoms with E-state index in [9.17, 15) is 4.79 Å². The van der Waals surface area contributed by atoms with Crippen LogP contribution in [0.25, 0.3) is 11.0 Å². The molecule has 3 rings (SSSR count). The molecular weight excluding hydrogens is 332 g/mol. The number of hydrogen-bond acceptors (Lipinski definition) is 5. The molecule has 0 saturated heterocycles. The molecule has 0 saturated carbocycles. The summed E-state index contributed by atoms with van der Waals surface area (Å²) < 4.78 is 10.7. The summed E-state index contributed by atoms with van der Waals surface area (Å²) >= 11 is 5.90. The number of aliphatic carboxylic acids is 1. The summed E-state index contributed by atoms with van der Waals surface area (Å²) in [6.07, 6.45) is 1.50. The highest BCUT2D eigenvalue weighted by molar-refractivity contribution is 6.31. The first-order valence-corrected chi connectivity index (χ1v) is 7.19. The Labute approximate surface area is 142 Å². The van der Waals surface area contributed by atoms with E-state index in [1.807, 2.05) is 0 Å². The number of carbonyl (C=O) groups is 1.